The molecule has 7 heteroatoms. The van der Waals surface area contributed by atoms with Gasteiger partial charge in [-0.05, 0) is 29.8 Å². The second-order valence-electron chi connectivity index (χ2n) is 6.05. The molecular formula is C15H24ClN3O2S. The van der Waals surface area contributed by atoms with Gasteiger partial charge in [-0.3, -0.25) is 9.59 Å². The average molecular weight is 346 g/mol. The molecule has 1 fully saturated rings. The minimum Gasteiger partial charge on any atom is -0.348 e. The van der Waals surface area contributed by atoms with Crippen molar-refractivity contribution >= 4 is 35.6 Å². The van der Waals surface area contributed by atoms with E-state index in [4.69, 9.17) is 5.73 Å². The molecule has 0 aliphatic carbocycles. The fourth-order valence-electron chi connectivity index (χ4n) is 2.66. The third-order valence-corrected chi connectivity index (χ3v) is 5.03. The highest BCUT2D eigenvalue weighted by molar-refractivity contribution is 7.10. The largest absolute Gasteiger partial charge is 0.348 e. The van der Waals surface area contributed by atoms with E-state index in [1.165, 1.54) is 6.92 Å². The first kappa shape index (κ1) is 18.9. The Morgan fingerprint density at radius 1 is 1.55 bits per heavy atom. The molecule has 0 spiro atoms. The van der Waals surface area contributed by atoms with Gasteiger partial charge in [-0.15, -0.1) is 23.7 Å². The number of hydrogen-bond acceptors (Lipinski definition) is 4. The minimum atomic E-state index is -0.236. The number of nitrogens with zero attached hydrogens (tertiary/aromatic N) is 1. The predicted octanol–water partition coefficient (Wildman–Crippen LogP) is 1.93. The Bertz CT molecular complexity index is 509. The van der Waals surface area contributed by atoms with E-state index in [0.29, 0.717) is 19.5 Å². The van der Waals surface area contributed by atoms with Gasteiger partial charge in [0.2, 0.25) is 11.8 Å². The lowest BCUT2D eigenvalue weighted by Gasteiger charge is -2.24. The van der Waals surface area contributed by atoms with Crippen molar-refractivity contribution in [3.8, 4) is 0 Å². The second kappa shape index (κ2) is 7.94. The molecule has 3 N–H and O–H groups in total. The van der Waals surface area contributed by atoms with Gasteiger partial charge in [0.1, 0.15) is 0 Å². The Labute approximate surface area is 141 Å². The maximum absolute atomic E-state index is 12.5. The van der Waals surface area contributed by atoms with Gasteiger partial charge >= 0.3 is 0 Å². The molecule has 0 bridgehead atoms. The van der Waals surface area contributed by atoms with E-state index in [-0.39, 0.29) is 35.7 Å². The summed E-state index contributed by atoms with van der Waals surface area (Å²) < 4.78 is 0. The van der Waals surface area contributed by atoms with Gasteiger partial charge in [0.15, 0.2) is 0 Å². The molecule has 0 saturated carbocycles. The molecule has 22 heavy (non-hydrogen) atoms. The highest BCUT2D eigenvalue weighted by Gasteiger charge is 2.35. The van der Waals surface area contributed by atoms with Gasteiger partial charge in [0, 0.05) is 24.9 Å². The van der Waals surface area contributed by atoms with Crippen LogP contribution in [-0.2, 0) is 9.59 Å². The first-order valence-corrected chi connectivity index (χ1v) is 8.10. The molecule has 2 unspecified atom stereocenters. The minimum absolute atomic E-state index is 0. The van der Waals surface area contributed by atoms with Crippen molar-refractivity contribution in [1.29, 1.82) is 0 Å². The normalized spacial score (nSPS) is 22.0. The first-order chi connectivity index (χ1) is 9.93. The fourth-order valence-corrected chi connectivity index (χ4v) is 3.44. The Kier molecular flexibility index (Phi) is 6.84. The van der Waals surface area contributed by atoms with Gasteiger partial charge in [0.25, 0.3) is 0 Å². The van der Waals surface area contributed by atoms with Crippen molar-refractivity contribution in [3.05, 3.63) is 22.4 Å². The quantitative estimate of drug-likeness (QED) is 0.856. The zero-order valence-electron chi connectivity index (χ0n) is 13.0. The molecule has 2 atom stereocenters. The number of halogens is 1. The van der Waals surface area contributed by atoms with Crippen LogP contribution in [0, 0.1) is 5.41 Å². The fraction of sp³-hybridized carbons (Fsp3) is 0.600. The summed E-state index contributed by atoms with van der Waals surface area (Å²) in [5, 5.41) is 4.82. The Morgan fingerprint density at radius 2 is 2.27 bits per heavy atom. The predicted molar refractivity (Wildman–Crippen MR) is 91.1 cm³/mol. The smallest absolute Gasteiger partial charge is 0.225 e. The van der Waals surface area contributed by atoms with Crippen LogP contribution in [0.2, 0.25) is 0 Å². The zero-order chi connectivity index (χ0) is 15.5. The van der Waals surface area contributed by atoms with Crippen LogP contribution in [0.1, 0.15) is 37.6 Å². The molecule has 1 aliphatic heterocycles. The number of likely N-dealkylation sites (tertiary alicyclic amines) is 1. The summed E-state index contributed by atoms with van der Waals surface area (Å²) in [7, 11) is 0. The monoisotopic (exact) mass is 345 g/mol. The second-order valence-corrected chi connectivity index (χ2v) is 7.03. The van der Waals surface area contributed by atoms with E-state index >= 15 is 0 Å². The molecule has 2 amide bonds. The van der Waals surface area contributed by atoms with E-state index in [1.807, 2.05) is 22.4 Å². The molecule has 0 aromatic carbocycles. The molecule has 1 saturated heterocycles. The molecule has 1 aromatic rings. The standard InChI is InChI=1S/C15H23N3O2S.ClH/c1-11(19)17-12(13-4-3-7-21-13)8-14(20)18-6-5-15(2,9-16)10-18;/h3-4,7,12H,5-6,8-10,16H2,1-2H3,(H,17,19);1H. The van der Waals surface area contributed by atoms with Gasteiger partial charge in [0.05, 0.1) is 12.5 Å². The van der Waals surface area contributed by atoms with E-state index in [0.717, 1.165) is 17.8 Å². The highest BCUT2D eigenvalue weighted by Crippen LogP contribution is 2.30. The lowest BCUT2D eigenvalue weighted by atomic mass is 9.90. The summed E-state index contributed by atoms with van der Waals surface area (Å²) in [5.41, 5.74) is 5.81. The molecule has 2 heterocycles. The number of nitrogens with one attached hydrogen (secondary N) is 1. The van der Waals surface area contributed by atoms with Crippen molar-refractivity contribution < 1.29 is 9.59 Å². The SMILES string of the molecule is CC(=O)NC(CC(=O)N1CCC(C)(CN)C1)c1cccs1.Cl. The van der Waals surface area contributed by atoms with Crippen LogP contribution in [0.3, 0.4) is 0 Å². The van der Waals surface area contributed by atoms with Gasteiger partial charge < -0.3 is 16.0 Å². The lowest BCUT2D eigenvalue weighted by molar-refractivity contribution is -0.131. The Balaban J connectivity index is 0.00000242. The highest BCUT2D eigenvalue weighted by atomic mass is 35.5. The number of amides is 2. The number of carbonyl (C=O) groups excluding carboxylic acids is 2. The first-order valence-electron chi connectivity index (χ1n) is 7.22. The lowest BCUT2D eigenvalue weighted by Crippen LogP contribution is -2.37. The summed E-state index contributed by atoms with van der Waals surface area (Å²) in [6.45, 7) is 5.65. The van der Waals surface area contributed by atoms with E-state index in [9.17, 15) is 9.59 Å². The van der Waals surface area contributed by atoms with Crippen LogP contribution in [0.4, 0.5) is 0 Å². The van der Waals surface area contributed by atoms with Crippen LogP contribution in [-0.4, -0.2) is 36.3 Å². The van der Waals surface area contributed by atoms with Crippen LogP contribution < -0.4 is 11.1 Å². The summed E-state index contributed by atoms with van der Waals surface area (Å²) in [6, 6.07) is 3.65. The van der Waals surface area contributed by atoms with Gasteiger partial charge in [-0.2, -0.15) is 0 Å². The summed E-state index contributed by atoms with van der Waals surface area (Å²) >= 11 is 1.56. The number of hydrogen-bond donors (Lipinski definition) is 2. The average Bonchev–Trinajstić information content (AvgIpc) is 3.07. The maximum Gasteiger partial charge on any atom is 0.225 e. The number of nitrogens with two attached hydrogens (primary N) is 1. The Morgan fingerprint density at radius 3 is 2.77 bits per heavy atom. The number of thiophene rings is 1. The zero-order valence-corrected chi connectivity index (χ0v) is 14.6. The summed E-state index contributed by atoms with van der Waals surface area (Å²) in [4.78, 5) is 26.7. The molecule has 2 rings (SSSR count). The van der Waals surface area contributed by atoms with Gasteiger partial charge in [-0.25, -0.2) is 0 Å². The van der Waals surface area contributed by atoms with Crippen molar-refractivity contribution in [2.75, 3.05) is 19.6 Å². The van der Waals surface area contributed by atoms with Gasteiger partial charge in [-0.1, -0.05) is 13.0 Å². The third-order valence-electron chi connectivity index (χ3n) is 4.05. The molecule has 1 aliphatic rings. The van der Waals surface area contributed by atoms with Crippen LogP contribution in [0.15, 0.2) is 17.5 Å². The molecular weight excluding hydrogens is 322 g/mol. The van der Waals surface area contributed by atoms with Crippen LogP contribution >= 0.6 is 23.7 Å². The third kappa shape index (κ3) is 4.69. The molecule has 0 radical (unpaired) electrons. The van der Waals surface area contributed by atoms with E-state index in [2.05, 4.69) is 12.2 Å². The number of rotatable bonds is 5. The van der Waals surface area contributed by atoms with Crippen molar-refractivity contribution in [2.45, 2.75) is 32.7 Å². The Hall–Kier alpha value is -1.11. The van der Waals surface area contributed by atoms with Crippen molar-refractivity contribution in [2.24, 2.45) is 11.1 Å². The summed E-state index contributed by atoms with van der Waals surface area (Å²) in [6.07, 6.45) is 1.25. The number of carbonyl (C=O) groups is 2. The van der Waals surface area contributed by atoms with E-state index in [1.54, 1.807) is 11.3 Å². The van der Waals surface area contributed by atoms with Crippen LogP contribution in [0.25, 0.3) is 0 Å². The van der Waals surface area contributed by atoms with Crippen molar-refractivity contribution in [1.82, 2.24) is 10.2 Å². The van der Waals surface area contributed by atoms with Crippen molar-refractivity contribution in [3.63, 3.8) is 0 Å². The maximum atomic E-state index is 12.5. The molecule has 5 nitrogen and oxygen atoms in total. The summed E-state index contributed by atoms with van der Waals surface area (Å²) in [5.74, 6) is -0.0336. The topological polar surface area (TPSA) is 75.4 Å². The molecule has 124 valence electrons. The van der Waals surface area contributed by atoms with E-state index < -0.39 is 0 Å². The molecule has 1 aromatic heterocycles. The van der Waals surface area contributed by atoms with Crippen LogP contribution in [0.5, 0.6) is 0 Å².